The number of halogens is 1. The summed E-state index contributed by atoms with van der Waals surface area (Å²) in [5.74, 6) is -0.0161. The van der Waals surface area contributed by atoms with E-state index in [-0.39, 0.29) is 5.91 Å². The maximum absolute atomic E-state index is 12.9. The number of fused-ring (bicyclic) bond motifs is 1. The Balaban J connectivity index is 1.49. The van der Waals surface area contributed by atoms with E-state index in [9.17, 15) is 4.79 Å². The molecule has 26 heavy (non-hydrogen) atoms. The molecule has 1 aliphatic rings. The molecule has 0 atom stereocenters. The van der Waals surface area contributed by atoms with Gasteiger partial charge < -0.3 is 10.2 Å². The summed E-state index contributed by atoms with van der Waals surface area (Å²) in [4.78, 5) is 19.0. The largest absolute Gasteiger partial charge is 0.380 e. The van der Waals surface area contributed by atoms with Crippen LogP contribution in [0.5, 0.6) is 0 Å². The molecule has 0 unspecified atom stereocenters. The van der Waals surface area contributed by atoms with E-state index in [1.165, 1.54) is 5.56 Å². The average Bonchev–Trinajstić information content (AvgIpc) is 3.11. The third-order valence-corrected chi connectivity index (χ3v) is 4.78. The second kappa shape index (κ2) is 7.18. The number of benzene rings is 2. The topological polar surface area (TPSA) is 45.2 Å². The molecular weight excluding hydrogens is 346 g/mol. The summed E-state index contributed by atoms with van der Waals surface area (Å²) in [7, 11) is 0. The highest BCUT2D eigenvalue weighted by atomic mass is 35.5. The number of para-hydroxylation sites is 1. The summed E-state index contributed by atoms with van der Waals surface area (Å²) < 4.78 is 0. The van der Waals surface area contributed by atoms with Crippen molar-refractivity contribution in [2.24, 2.45) is 0 Å². The second-order valence-corrected chi connectivity index (χ2v) is 6.71. The highest BCUT2D eigenvalue weighted by molar-refractivity contribution is 6.30. The Morgan fingerprint density at radius 3 is 2.77 bits per heavy atom. The third kappa shape index (κ3) is 3.41. The quantitative estimate of drug-likeness (QED) is 0.739. The molecular formula is C21H18ClN3O. The molecule has 0 fully saturated rings. The SMILES string of the molecule is O=C(c1cncc(NCc2ccc(Cl)cc2)c1)N1CCc2ccccc21. The van der Waals surface area contributed by atoms with Gasteiger partial charge in [0.25, 0.3) is 5.91 Å². The van der Waals surface area contributed by atoms with Crippen LogP contribution in [0, 0.1) is 0 Å². The fourth-order valence-corrected chi connectivity index (χ4v) is 3.29. The summed E-state index contributed by atoms with van der Waals surface area (Å²) in [6.07, 6.45) is 4.24. The van der Waals surface area contributed by atoms with Gasteiger partial charge in [-0.3, -0.25) is 9.78 Å². The minimum atomic E-state index is -0.0161. The summed E-state index contributed by atoms with van der Waals surface area (Å²) in [5, 5.41) is 4.03. The number of nitrogens with zero attached hydrogens (tertiary/aromatic N) is 2. The molecule has 130 valence electrons. The zero-order valence-electron chi connectivity index (χ0n) is 14.2. The Hall–Kier alpha value is -2.85. The van der Waals surface area contributed by atoms with Crippen LogP contribution in [0.1, 0.15) is 21.5 Å². The molecule has 0 saturated carbocycles. The minimum absolute atomic E-state index is 0.0161. The van der Waals surface area contributed by atoms with Crippen LogP contribution >= 0.6 is 11.6 Å². The Bertz CT molecular complexity index is 940. The number of pyridine rings is 1. The van der Waals surface area contributed by atoms with Gasteiger partial charge in [0.1, 0.15) is 0 Å². The maximum Gasteiger partial charge on any atom is 0.259 e. The van der Waals surface area contributed by atoms with Gasteiger partial charge in [-0.2, -0.15) is 0 Å². The lowest BCUT2D eigenvalue weighted by atomic mass is 10.1. The Morgan fingerprint density at radius 2 is 1.92 bits per heavy atom. The number of amides is 1. The molecule has 2 heterocycles. The van der Waals surface area contributed by atoms with Crippen molar-refractivity contribution in [3.8, 4) is 0 Å². The van der Waals surface area contributed by atoms with Gasteiger partial charge in [-0.25, -0.2) is 0 Å². The van der Waals surface area contributed by atoms with E-state index in [2.05, 4.69) is 16.4 Å². The third-order valence-electron chi connectivity index (χ3n) is 4.53. The van der Waals surface area contributed by atoms with Crippen molar-refractivity contribution in [1.29, 1.82) is 0 Å². The van der Waals surface area contributed by atoms with Crippen LogP contribution in [-0.4, -0.2) is 17.4 Å². The van der Waals surface area contributed by atoms with Gasteiger partial charge in [0.15, 0.2) is 0 Å². The fraction of sp³-hybridized carbons (Fsp3) is 0.143. The molecule has 0 saturated heterocycles. The lowest BCUT2D eigenvalue weighted by molar-refractivity contribution is 0.0989. The van der Waals surface area contributed by atoms with E-state index < -0.39 is 0 Å². The minimum Gasteiger partial charge on any atom is -0.380 e. The van der Waals surface area contributed by atoms with E-state index in [4.69, 9.17) is 11.6 Å². The van der Waals surface area contributed by atoms with Crippen molar-refractivity contribution in [2.45, 2.75) is 13.0 Å². The molecule has 1 amide bonds. The van der Waals surface area contributed by atoms with Crippen molar-refractivity contribution >= 4 is 28.9 Å². The average molecular weight is 364 g/mol. The Morgan fingerprint density at radius 1 is 1.12 bits per heavy atom. The first-order valence-corrected chi connectivity index (χ1v) is 8.91. The normalized spacial score (nSPS) is 12.7. The van der Waals surface area contributed by atoms with Gasteiger partial charge in [0.05, 0.1) is 11.3 Å². The van der Waals surface area contributed by atoms with Crippen LogP contribution in [0.4, 0.5) is 11.4 Å². The van der Waals surface area contributed by atoms with Crippen LogP contribution in [0.3, 0.4) is 0 Å². The molecule has 1 N–H and O–H groups in total. The number of hydrogen-bond donors (Lipinski definition) is 1. The molecule has 0 spiro atoms. The number of nitrogens with one attached hydrogen (secondary N) is 1. The van der Waals surface area contributed by atoms with Crippen molar-refractivity contribution in [2.75, 3.05) is 16.8 Å². The predicted octanol–water partition coefficient (Wildman–Crippen LogP) is 4.55. The molecule has 1 aromatic heterocycles. The molecule has 0 aliphatic carbocycles. The van der Waals surface area contributed by atoms with Gasteiger partial charge in [0, 0.05) is 36.2 Å². The number of carbonyl (C=O) groups excluding carboxylic acids is 1. The lowest BCUT2D eigenvalue weighted by Gasteiger charge is -2.17. The fourth-order valence-electron chi connectivity index (χ4n) is 3.16. The number of carbonyl (C=O) groups is 1. The zero-order chi connectivity index (χ0) is 17.9. The first kappa shape index (κ1) is 16.6. The number of anilines is 2. The van der Waals surface area contributed by atoms with Crippen molar-refractivity contribution in [1.82, 2.24) is 4.98 Å². The van der Waals surface area contributed by atoms with E-state index in [1.54, 1.807) is 12.4 Å². The predicted molar refractivity (Wildman–Crippen MR) is 105 cm³/mol. The first-order chi connectivity index (χ1) is 12.7. The van der Waals surface area contributed by atoms with Gasteiger partial charge in [-0.15, -0.1) is 0 Å². The Labute approximate surface area is 157 Å². The standard InChI is InChI=1S/C21H18ClN3O/c22-18-7-5-15(6-8-18)12-24-19-11-17(13-23-14-19)21(26)25-10-9-16-3-1-2-4-20(16)25/h1-8,11,13-14,24H,9-10,12H2. The van der Waals surface area contributed by atoms with Crippen LogP contribution in [0.25, 0.3) is 0 Å². The van der Waals surface area contributed by atoms with Crippen LogP contribution in [-0.2, 0) is 13.0 Å². The van der Waals surface area contributed by atoms with E-state index in [0.29, 0.717) is 23.7 Å². The molecule has 4 nitrogen and oxygen atoms in total. The van der Waals surface area contributed by atoms with Crippen molar-refractivity contribution < 1.29 is 4.79 Å². The monoisotopic (exact) mass is 363 g/mol. The van der Waals surface area contributed by atoms with Gasteiger partial charge in [-0.05, 0) is 41.8 Å². The first-order valence-electron chi connectivity index (χ1n) is 8.54. The Kier molecular flexibility index (Phi) is 4.59. The molecule has 2 aromatic carbocycles. The smallest absolute Gasteiger partial charge is 0.259 e. The molecule has 3 aromatic rings. The molecule has 4 rings (SSSR count). The van der Waals surface area contributed by atoms with Gasteiger partial charge in [0.2, 0.25) is 0 Å². The van der Waals surface area contributed by atoms with Crippen LogP contribution in [0.2, 0.25) is 5.02 Å². The summed E-state index contributed by atoms with van der Waals surface area (Å²) >= 11 is 5.91. The van der Waals surface area contributed by atoms with E-state index >= 15 is 0 Å². The molecule has 0 radical (unpaired) electrons. The van der Waals surface area contributed by atoms with Crippen LogP contribution < -0.4 is 10.2 Å². The lowest BCUT2D eigenvalue weighted by Crippen LogP contribution is -2.29. The number of aromatic nitrogens is 1. The summed E-state index contributed by atoms with van der Waals surface area (Å²) in [5.41, 5.74) is 4.73. The van der Waals surface area contributed by atoms with Crippen LogP contribution in [0.15, 0.2) is 67.0 Å². The van der Waals surface area contributed by atoms with Crippen molar-refractivity contribution in [3.63, 3.8) is 0 Å². The molecule has 1 aliphatic heterocycles. The highest BCUT2D eigenvalue weighted by Gasteiger charge is 2.25. The summed E-state index contributed by atoms with van der Waals surface area (Å²) in [6.45, 7) is 1.35. The second-order valence-electron chi connectivity index (χ2n) is 6.28. The van der Waals surface area contributed by atoms with Gasteiger partial charge >= 0.3 is 0 Å². The maximum atomic E-state index is 12.9. The molecule has 0 bridgehead atoms. The highest BCUT2D eigenvalue weighted by Crippen LogP contribution is 2.29. The summed E-state index contributed by atoms with van der Waals surface area (Å²) in [6, 6.07) is 17.6. The number of rotatable bonds is 4. The molecule has 5 heteroatoms. The van der Waals surface area contributed by atoms with E-state index in [0.717, 1.165) is 23.4 Å². The van der Waals surface area contributed by atoms with Gasteiger partial charge in [-0.1, -0.05) is 41.9 Å². The van der Waals surface area contributed by atoms with E-state index in [1.807, 2.05) is 53.4 Å². The van der Waals surface area contributed by atoms with Crippen molar-refractivity contribution in [3.05, 3.63) is 88.7 Å². The number of hydrogen-bond acceptors (Lipinski definition) is 3. The zero-order valence-corrected chi connectivity index (χ0v) is 14.9.